The Morgan fingerprint density at radius 1 is 0.714 bits per heavy atom. The average Bonchev–Trinajstić information content (AvgIpc) is 2.22. The standard InChI is InChI=1S/C8H18.C6H12/c1-4-6-8(3)7-5-2;1-2-4-6-5-3-1/h8H,4-7H2,1-3H3;1-6H2. The molecule has 0 nitrogen and oxygen atoms in total. The zero-order valence-electron chi connectivity index (χ0n) is 10.6. The van der Waals surface area contributed by atoms with Crippen molar-refractivity contribution >= 4 is 0 Å². The molecule has 0 saturated heterocycles. The van der Waals surface area contributed by atoms with Gasteiger partial charge in [-0.25, -0.2) is 0 Å². The van der Waals surface area contributed by atoms with Crippen molar-refractivity contribution in [2.24, 2.45) is 5.92 Å². The minimum atomic E-state index is 0.963. The summed E-state index contributed by atoms with van der Waals surface area (Å²) in [6, 6.07) is 0. The first-order chi connectivity index (χ1) is 6.81. The first kappa shape index (κ1) is 14.0. The normalized spacial score (nSPS) is 16.3. The highest BCUT2D eigenvalue weighted by Crippen LogP contribution is 2.15. The molecule has 0 unspecified atom stereocenters. The molecule has 0 atom stereocenters. The third-order valence-electron chi connectivity index (χ3n) is 3.06. The van der Waals surface area contributed by atoms with Crippen molar-refractivity contribution in [3.05, 3.63) is 0 Å². The van der Waals surface area contributed by atoms with E-state index in [2.05, 4.69) is 20.8 Å². The Morgan fingerprint density at radius 3 is 1.21 bits per heavy atom. The van der Waals surface area contributed by atoms with Crippen LogP contribution in [0, 0.1) is 5.92 Å². The first-order valence-electron chi connectivity index (χ1n) is 6.81. The summed E-state index contributed by atoms with van der Waals surface area (Å²) in [5.74, 6) is 0.963. The van der Waals surface area contributed by atoms with E-state index in [1.807, 2.05) is 0 Å². The van der Waals surface area contributed by atoms with Gasteiger partial charge in [0.15, 0.2) is 0 Å². The Hall–Kier alpha value is 0. The fraction of sp³-hybridized carbons (Fsp3) is 1.00. The molecular formula is C14H30. The minimum absolute atomic E-state index is 0.963. The molecule has 1 aliphatic carbocycles. The van der Waals surface area contributed by atoms with E-state index in [9.17, 15) is 0 Å². The minimum Gasteiger partial charge on any atom is -0.0654 e. The molecule has 0 radical (unpaired) electrons. The van der Waals surface area contributed by atoms with Gasteiger partial charge in [0.05, 0.1) is 0 Å². The summed E-state index contributed by atoms with van der Waals surface area (Å²) < 4.78 is 0. The van der Waals surface area contributed by atoms with Crippen LogP contribution >= 0.6 is 0 Å². The first-order valence-corrected chi connectivity index (χ1v) is 6.81. The maximum atomic E-state index is 2.34. The Morgan fingerprint density at radius 2 is 1.00 bits per heavy atom. The predicted molar refractivity (Wildman–Crippen MR) is 66.7 cm³/mol. The summed E-state index contributed by atoms with van der Waals surface area (Å²) in [4.78, 5) is 0. The smallest absolute Gasteiger partial charge is 0.0443 e. The lowest BCUT2D eigenvalue weighted by Crippen LogP contribution is -1.91. The summed E-state index contributed by atoms with van der Waals surface area (Å²) in [5, 5.41) is 0. The van der Waals surface area contributed by atoms with Crippen molar-refractivity contribution in [2.45, 2.75) is 85.0 Å². The summed E-state index contributed by atoms with van der Waals surface area (Å²) in [6.07, 6.45) is 14.5. The van der Waals surface area contributed by atoms with Crippen LogP contribution in [0.1, 0.15) is 85.0 Å². The van der Waals surface area contributed by atoms with Gasteiger partial charge in [-0.15, -0.1) is 0 Å². The number of hydrogen-bond donors (Lipinski definition) is 0. The van der Waals surface area contributed by atoms with Crippen molar-refractivity contribution in [2.75, 3.05) is 0 Å². The second kappa shape index (κ2) is 11.1. The topological polar surface area (TPSA) is 0 Å². The van der Waals surface area contributed by atoms with E-state index in [0.29, 0.717) is 0 Å². The van der Waals surface area contributed by atoms with Gasteiger partial charge in [0.25, 0.3) is 0 Å². The van der Waals surface area contributed by atoms with E-state index in [-0.39, 0.29) is 0 Å². The molecule has 0 aromatic heterocycles. The van der Waals surface area contributed by atoms with Crippen molar-refractivity contribution in [1.82, 2.24) is 0 Å². The molecule has 86 valence electrons. The highest BCUT2D eigenvalue weighted by Gasteiger charge is 1.96. The van der Waals surface area contributed by atoms with E-state index in [0.717, 1.165) is 5.92 Å². The summed E-state index contributed by atoms with van der Waals surface area (Å²) >= 11 is 0. The van der Waals surface area contributed by atoms with Crippen LogP contribution in [0.15, 0.2) is 0 Å². The molecule has 1 saturated carbocycles. The van der Waals surface area contributed by atoms with Gasteiger partial charge in [-0.05, 0) is 5.92 Å². The molecule has 0 heteroatoms. The molecule has 0 amide bonds. The van der Waals surface area contributed by atoms with Crippen LogP contribution in [0.2, 0.25) is 0 Å². The van der Waals surface area contributed by atoms with E-state index in [4.69, 9.17) is 0 Å². The third kappa shape index (κ3) is 10.1. The lowest BCUT2D eigenvalue weighted by Gasteiger charge is -2.05. The van der Waals surface area contributed by atoms with Crippen LogP contribution < -0.4 is 0 Å². The Kier molecular flexibility index (Phi) is 11.1. The van der Waals surface area contributed by atoms with Crippen LogP contribution in [-0.4, -0.2) is 0 Å². The molecule has 0 aromatic carbocycles. The van der Waals surface area contributed by atoms with Crippen molar-refractivity contribution in [3.63, 3.8) is 0 Å². The molecule has 14 heavy (non-hydrogen) atoms. The van der Waals surface area contributed by atoms with E-state index in [1.165, 1.54) is 64.2 Å². The van der Waals surface area contributed by atoms with Crippen molar-refractivity contribution in [1.29, 1.82) is 0 Å². The van der Waals surface area contributed by atoms with E-state index < -0.39 is 0 Å². The maximum absolute atomic E-state index is 2.34. The van der Waals surface area contributed by atoms with E-state index >= 15 is 0 Å². The van der Waals surface area contributed by atoms with Gasteiger partial charge in [-0.1, -0.05) is 85.0 Å². The van der Waals surface area contributed by atoms with Crippen LogP contribution in [0.3, 0.4) is 0 Å². The highest BCUT2D eigenvalue weighted by atomic mass is 14.0. The van der Waals surface area contributed by atoms with E-state index in [1.54, 1.807) is 0 Å². The monoisotopic (exact) mass is 198 g/mol. The molecule has 0 bridgehead atoms. The lowest BCUT2D eigenvalue weighted by molar-refractivity contribution is 0.480. The zero-order chi connectivity index (χ0) is 10.6. The molecule has 0 aromatic rings. The molecule has 1 aliphatic rings. The van der Waals surface area contributed by atoms with Gasteiger partial charge in [0, 0.05) is 0 Å². The van der Waals surface area contributed by atoms with Crippen LogP contribution in [0.25, 0.3) is 0 Å². The number of rotatable bonds is 4. The van der Waals surface area contributed by atoms with Crippen molar-refractivity contribution in [3.8, 4) is 0 Å². The maximum Gasteiger partial charge on any atom is -0.0443 e. The number of hydrogen-bond acceptors (Lipinski definition) is 0. The van der Waals surface area contributed by atoms with Gasteiger partial charge < -0.3 is 0 Å². The predicted octanol–water partition coefficient (Wildman–Crippen LogP) is 5.56. The molecule has 1 rings (SSSR count). The average molecular weight is 198 g/mol. The van der Waals surface area contributed by atoms with Gasteiger partial charge >= 0.3 is 0 Å². The van der Waals surface area contributed by atoms with Gasteiger partial charge in [-0.3, -0.25) is 0 Å². The quantitative estimate of drug-likeness (QED) is 0.554. The fourth-order valence-corrected chi connectivity index (χ4v) is 2.19. The molecule has 1 fully saturated rings. The lowest BCUT2D eigenvalue weighted by atomic mass is 10.0. The second-order valence-electron chi connectivity index (χ2n) is 4.80. The fourth-order valence-electron chi connectivity index (χ4n) is 2.19. The van der Waals surface area contributed by atoms with Crippen LogP contribution in [0.5, 0.6) is 0 Å². The molecular weight excluding hydrogens is 168 g/mol. The second-order valence-corrected chi connectivity index (χ2v) is 4.80. The van der Waals surface area contributed by atoms with Gasteiger partial charge in [0.2, 0.25) is 0 Å². The SMILES string of the molecule is C1CCCCC1.CCCC(C)CCC. The molecule has 0 heterocycles. The molecule has 0 aliphatic heterocycles. The molecule has 0 spiro atoms. The van der Waals surface area contributed by atoms with Crippen LogP contribution in [-0.2, 0) is 0 Å². The third-order valence-corrected chi connectivity index (χ3v) is 3.06. The Bertz CT molecular complexity index is 74.7. The largest absolute Gasteiger partial charge is 0.0654 e. The summed E-state index contributed by atoms with van der Waals surface area (Å²) in [5.41, 5.74) is 0. The zero-order valence-corrected chi connectivity index (χ0v) is 10.6. The molecule has 0 N–H and O–H groups in total. The van der Waals surface area contributed by atoms with Gasteiger partial charge in [0.1, 0.15) is 0 Å². The summed E-state index contributed by atoms with van der Waals surface area (Å²) in [7, 11) is 0. The Labute approximate surface area is 91.5 Å². The van der Waals surface area contributed by atoms with Gasteiger partial charge in [-0.2, -0.15) is 0 Å². The highest BCUT2D eigenvalue weighted by molar-refractivity contribution is 4.51. The summed E-state index contributed by atoms with van der Waals surface area (Å²) in [6.45, 7) is 6.85. The van der Waals surface area contributed by atoms with Crippen molar-refractivity contribution < 1.29 is 0 Å². The van der Waals surface area contributed by atoms with Crippen LogP contribution in [0.4, 0.5) is 0 Å². The Balaban J connectivity index is 0.000000249.